The van der Waals surface area contributed by atoms with Gasteiger partial charge in [-0.2, -0.15) is 10.1 Å². The molecule has 70 heavy (non-hydrogen) atoms. The molecule has 4 N–H and O–H groups in total. The monoisotopic (exact) mass is 989 g/mol. The number of rotatable bonds is 13. The van der Waals surface area contributed by atoms with Crippen LogP contribution in [0.4, 0.5) is 19.2 Å². The number of urea groups is 2. The summed E-state index contributed by atoms with van der Waals surface area (Å²) in [4.78, 5) is 101. The minimum atomic E-state index is -0.611. The Kier molecular flexibility index (Phi) is 22.2. The Balaban J connectivity index is 0.000000250. The first kappa shape index (κ1) is 58.0. The van der Waals surface area contributed by atoms with Crippen LogP contribution in [0.25, 0.3) is 0 Å². The van der Waals surface area contributed by atoms with Crippen molar-refractivity contribution in [3.05, 3.63) is 71.8 Å². The third kappa shape index (κ3) is 16.0. The molecule has 0 spiro atoms. The molecule has 6 saturated heterocycles. The minimum Gasteiger partial charge on any atom is -0.870 e. The predicted molar refractivity (Wildman–Crippen MR) is 248 cm³/mol. The average Bonchev–Trinajstić information content (AvgIpc) is 4.08. The Hall–Kier alpha value is -4.58. The molecule has 6 aliphatic heterocycles. The van der Waals surface area contributed by atoms with Gasteiger partial charge in [0.2, 0.25) is 0 Å². The van der Waals surface area contributed by atoms with Crippen LogP contribution >= 0.6 is 0 Å². The molecule has 0 saturated carbocycles. The Morgan fingerprint density at radius 2 is 1.13 bits per heavy atom. The van der Waals surface area contributed by atoms with E-state index < -0.39 is 23.3 Å². The summed E-state index contributed by atoms with van der Waals surface area (Å²) >= 11 is 0. The SMILES string of the molecule is CC(C)(C)OC(=O)N1CCC[C@H]1CON.CC(C)(C)OC(=O)N1CCC[C@H]1CONC(=O)[C@@H]1CC[C@@H]2CN1C(=O)N2OCc1ccccc1.O=[C-][C@@H]1CC[C@@H]2CN1C(=O)N2OCc1ccccc1.[Na+].[OH-]. The average molecular weight is 990 g/mol. The number of nitrogens with two attached hydrogens (primary N) is 1. The van der Waals surface area contributed by atoms with E-state index in [9.17, 15) is 28.8 Å². The zero-order chi connectivity index (χ0) is 49.0. The Labute approximate surface area is 432 Å². The molecule has 21 nitrogen and oxygen atoms in total. The van der Waals surface area contributed by atoms with E-state index >= 15 is 0 Å². The number of likely N-dealkylation sites (tertiary alicyclic amines) is 2. The van der Waals surface area contributed by atoms with Crippen LogP contribution in [-0.4, -0.2) is 158 Å². The fraction of sp³-hybridized carbons (Fsp3) is 0.625. The van der Waals surface area contributed by atoms with E-state index in [1.807, 2.05) is 108 Å². The summed E-state index contributed by atoms with van der Waals surface area (Å²) in [5, 5.41) is 2.82. The number of hydrogen-bond acceptors (Lipinski definition) is 14. The Bertz CT molecular complexity index is 2010. The maximum atomic E-state index is 12.9. The van der Waals surface area contributed by atoms with Gasteiger partial charge in [0.1, 0.15) is 30.5 Å². The number of hydrogen-bond donors (Lipinski definition) is 2. The zero-order valence-corrected chi connectivity index (χ0v) is 43.7. The number of carbonyl (C=O) groups is 5. The second-order valence-corrected chi connectivity index (χ2v) is 19.7. The van der Waals surface area contributed by atoms with Crippen LogP contribution in [0.2, 0.25) is 0 Å². The molecule has 6 atom stereocenters. The quantitative estimate of drug-likeness (QED) is 0.166. The van der Waals surface area contributed by atoms with Crippen LogP contribution in [0.15, 0.2) is 60.7 Å². The number of ether oxygens (including phenoxy) is 2. The van der Waals surface area contributed by atoms with Crippen molar-refractivity contribution >= 4 is 36.4 Å². The number of amides is 7. The van der Waals surface area contributed by atoms with Gasteiger partial charge in [-0.1, -0.05) is 73.1 Å². The van der Waals surface area contributed by atoms with Gasteiger partial charge in [-0.3, -0.25) is 19.3 Å². The number of nitrogens with zero attached hydrogens (tertiary/aromatic N) is 6. The van der Waals surface area contributed by atoms with E-state index in [2.05, 4.69) is 10.3 Å². The topological polar surface area (TPSA) is 245 Å². The van der Waals surface area contributed by atoms with Crippen LogP contribution in [0, 0.1) is 0 Å². The minimum absolute atomic E-state index is 0. The number of fused-ring (bicyclic) bond motifs is 4. The van der Waals surface area contributed by atoms with Crippen molar-refractivity contribution in [2.75, 3.05) is 39.4 Å². The fourth-order valence-electron chi connectivity index (χ4n) is 8.96. The summed E-state index contributed by atoms with van der Waals surface area (Å²) in [6.45, 7) is 14.6. The van der Waals surface area contributed by atoms with E-state index in [0.717, 1.165) is 49.8 Å². The summed E-state index contributed by atoms with van der Waals surface area (Å²) in [5.41, 5.74) is 3.46. The van der Waals surface area contributed by atoms with Crippen molar-refractivity contribution in [3.8, 4) is 0 Å². The molecule has 2 aromatic rings. The van der Waals surface area contributed by atoms with E-state index in [1.165, 1.54) is 10.1 Å². The fourth-order valence-corrected chi connectivity index (χ4v) is 8.96. The summed E-state index contributed by atoms with van der Waals surface area (Å²) in [7, 11) is 0. The predicted octanol–water partition coefficient (Wildman–Crippen LogP) is 2.43. The van der Waals surface area contributed by atoms with Crippen molar-refractivity contribution in [1.29, 1.82) is 0 Å². The molecular formula is C48H70N8NaO13-. The van der Waals surface area contributed by atoms with E-state index in [0.29, 0.717) is 58.7 Å². The van der Waals surface area contributed by atoms with Gasteiger partial charge < -0.3 is 44.2 Å². The molecule has 4 bridgehead atoms. The molecular weight excluding hydrogens is 920 g/mol. The molecule has 0 unspecified atom stereocenters. The summed E-state index contributed by atoms with van der Waals surface area (Å²) in [5.74, 6) is 4.66. The van der Waals surface area contributed by atoms with Crippen LogP contribution < -0.4 is 40.9 Å². The van der Waals surface area contributed by atoms with Gasteiger partial charge in [-0.15, -0.1) is 0 Å². The van der Waals surface area contributed by atoms with E-state index in [1.54, 1.807) is 19.6 Å². The molecule has 6 heterocycles. The number of hydroxylamine groups is 5. The van der Waals surface area contributed by atoms with Crippen LogP contribution in [0.3, 0.4) is 0 Å². The maximum absolute atomic E-state index is 12.9. The van der Waals surface area contributed by atoms with Gasteiger partial charge in [0.25, 0.3) is 5.91 Å². The third-order valence-corrected chi connectivity index (χ3v) is 12.3. The van der Waals surface area contributed by atoms with E-state index in [4.69, 9.17) is 29.9 Å². The maximum Gasteiger partial charge on any atom is 1.00 e. The standard InChI is InChI=1S/C24H34N4O6.C14H15N2O3.C10H20N2O3.Na.H2O/c1-24(2,3)34-23(31)26-13-7-10-19(26)16-32-25-21(29)20-12-11-18-14-27(20)22(30)28(18)33-15-17-8-5-4-6-9-17;17-9-13-7-6-12-8-15(13)14(18)16(12)19-10-11-4-2-1-3-5-11;1-10(2,3)15-9(13)12-6-4-5-8(12)7-14-11;;/h4-6,8-9,18-20H,7,10-16H2,1-3H3,(H,25,29);1-5,12-13H,6-8,10H2;8H,4-7,11H2,1-3H3;;1H2/q;-1;;+1;/p-1/t18-,19+,20+;12-,13+;8-;;/m110../s1. The van der Waals surface area contributed by atoms with Crippen molar-refractivity contribution in [3.63, 3.8) is 0 Å². The third-order valence-electron chi connectivity index (χ3n) is 12.3. The van der Waals surface area contributed by atoms with Gasteiger partial charge in [0.15, 0.2) is 0 Å². The number of carbonyl (C=O) groups excluding carboxylic acids is 6. The molecule has 22 heteroatoms. The van der Waals surface area contributed by atoms with Crippen LogP contribution in [0.1, 0.15) is 104 Å². The van der Waals surface area contributed by atoms with Crippen LogP contribution in [-0.2, 0) is 51.6 Å². The second-order valence-electron chi connectivity index (χ2n) is 19.7. The van der Waals surface area contributed by atoms with Crippen molar-refractivity contribution < 1.29 is 92.6 Å². The molecule has 6 aliphatic rings. The van der Waals surface area contributed by atoms with Gasteiger partial charge in [0.05, 0.1) is 37.4 Å². The van der Waals surface area contributed by atoms with Gasteiger partial charge in [-0.05, 0) is 97.6 Å². The Morgan fingerprint density at radius 3 is 1.60 bits per heavy atom. The van der Waals surface area contributed by atoms with Crippen molar-refractivity contribution in [1.82, 2.24) is 35.2 Å². The van der Waals surface area contributed by atoms with Gasteiger partial charge in [0, 0.05) is 26.2 Å². The number of nitrogens with one attached hydrogen (secondary N) is 1. The van der Waals surface area contributed by atoms with Crippen molar-refractivity contribution in [2.24, 2.45) is 5.90 Å². The molecule has 7 amide bonds. The normalized spacial score (nSPS) is 23.6. The summed E-state index contributed by atoms with van der Waals surface area (Å²) in [6.07, 6.45) is 7.48. The van der Waals surface area contributed by atoms with Crippen molar-refractivity contribution in [2.45, 2.75) is 154 Å². The smallest absolute Gasteiger partial charge is 0.870 e. The second kappa shape index (κ2) is 26.7. The molecule has 382 valence electrons. The van der Waals surface area contributed by atoms with Crippen LogP contribution in [0.5, 0.6) is 0 Å². The number of benzene rings is 2. The molecule has 0 aromatic heterocycles. The summed E-state index contributed by atoms with van der Waals surface area (Å²) in [6, 6.07) is 17.7. The first-order chi connectivity index (χ1) is 32.5. The molecule has 2 aromatic carbocycles. The molecule has 0 aliphatic carbocycles. The number of piperidine rings is 2. The largest absolute Gasteiger partial charge is 1.00 e. The Morgan fingerprint density at radius 1 is 0.671 bits per heavy atom. The molecule has 6 fully saturated rings. The van der Waals surface area contributed by atoms with Gasteiger partial charge >= 0.3 is 53.8 Å². The summed E-state index contributed by atoms with van der Waals surface area (Å²) < 4.78 is 10.7. The van der Waals surface area contributed by atoms with Gasteiger partial charge in [-0.25, -0.2) is 36.8 Å². The first-order valence-corrected chi connectivity index (χ1v) is 23.6. The van der Waals surface area contributed by atoms with E-state index in [-0.39, 0.29) is 96.0 Å². The molecule has 8 rings (SSSR count). The molecule has 0 radical (unpaired) electrons. The first-order valence-electron chi connectivity index (χ1n) is 23.6. The zero-order valence-electron chi connectivity index (χ0n) is 41.7.